The molecule has 2 amide bonds. The maximum atomic E-state index is 12.5. The maximum absolute atomic E-state index is 12.5. The summed E-state index contributed by atoms with van der Waals surface area (Å²) in [5, 5.41) is 8.68. The first-order valence-electron chi connectivity index (χ1n) is 8.89. The number of nitrogens with zero attached hydrogens (tertiary/aromatic N) is 2. The van der Waals surface area contributed by atoms with Gasteiger partial charge in [0.05, 0.1) is 23.1 Å². The van der Waals surface area contributed by atoms with Crippen molar-refractivity contribution in [1.82, 2.24) is 4.90 Å². The second-order valence-electron chi connectivity index (χ2n) is 6.70. The summed E-state index contributed by atoms with van der Waals surface area (Å²) in [4.78, 5) is 37.5. The molecular weight excluding hydrogens is 392 g/mol. The third-order valence-electron chi connectivity index (χ3n) is 3.95. The molecule has 1 saturated heterocycles. The number of imide groups is 1. The molecule has 0 saturated carbocycles. The summed E-state index contributed by atoms with van der Waals surface area (Å²) in [7, 11) is 0. The van der Waals surface area contributed by atoms with Gasteiger partial charge < -0.3 is 9.15 Å². The number of benzene rings is 1. The summed E-state index contributed by atoms with van der Waals surface area (Å²) in [6, 6.07) is 12.4. The normalized spacial score (nSPS) is 15.2. The third-order valence-corrected chi connectivity index (χ3v) is 4.86. The van der Waals surface area contributed by atoms with Crippen LogP contribution in [-0.2, 0) is 14.3 Å². The summed E-state index contributed by atoms with van der Waals surface area (Å²) in [6.07, 6.45) is 1.45. The number of ether oxygens (including phenoxy) is 1. The topological polar surface area (TPSA) is 101 Å². The van der Waals surface area contributed by atoms with Crippen molar-refractivity contribution < 1.29 is 23.5 Å². The van der Waals surface area contributed by atoms with E-state index in [2.05, 4.69) is 6.07 Å². The molecule has 2 heterocycles. The van der Waals surface area contributed by atoms with E-state index < -0.39 is 23.7 Å². The molecule has 0 radical (unpaired) electrons. The number of carbonyl (C=O) groups excluding carboxylic acids is 3. The highest BCUT2D eigenvalue weighted by atomic mass is 32.2. The molecule has 0 N–H and O–H groups in total. The minimum atomic E-state index is -0.629. The van der Waals surface area contributed by atoms with Gasteiger partial charge in [-0.3, -0.25) is 19.3 Å². The minimum Gasteiger partial charge on any atom is -0.464 e. The third kappa shape index (κ3) is 4.76. The van der Waals surface area contributed by atoms with Gasteiger partial charge >= 0.3 is 5.97 Å². The number of thioether (sulfide) groups is 1. The fraction of sp³-hybridized carbons (Fsp3) is 0.238. The van der Waals surface area contributed by atoms with Gasteiger partial charge in [-0.05, 0) is 41.9 Å². The summed E-state index contributed by atoms with van der Waals surface area (Å²) in [5.41, 5.74) is 1.10. The Hall–Kier alpha value is -3.31. The Balaban J connectivity index is 1.74. The van der Waals surface area contributed by atoms with Crippen LogP contribution in [0.25, 0.3) is 17.4 Å². The average Bonchev–Trinajstić information content (AvgIpc) is 3.26. The van der Waals surface area contributed by atoms with Crippen LogP contribution in [0.15, 0.2) is 45.7 Å². The molecule has 0 spiro atoms. The minimum absolute atomic E-state index is 0.154. The summed E-state index contributed by atoms with van der Waals surface area (Å²) in [6.45, 7) is 3.59. The number of furan rings is 1. The van der Waals surface area contributed by atoms with Crippen LogP contribution in [0.4, 0.5) is 4.79 Å². The lowest BCUT2D eigenvalue weighted by molar-refractivity contribution is -0.147. The molecule has 1 fully saturated rings. The second kappa shape index (κ2) is 8.80. The van der Waals surface area contributed by atoms with Gasteiger partial charge in [0.1, 0.15) is 18.1 Å². The van der Waals surface area contributed by atoms with E-state index in [1.807, 2.05) is 13.8 Å². The predicted molar refractivity (Wildman–Crippen MR) is 107 cm³/mol. The fourth-order valence-electron chi connectivity index (χ4n) is 2.57. The second-order valence-corrected chi connectivity index (χ2v) is 7.70. The molecule has 0 unspecified atom stereocenters. The van der Waals surface area contributed by atoms with Crippen LogP contribution in [-0.4, -0.2) is 35.2 Å². The number of hydrogen-bond donors (Lipinski definition) is 0. The first-order valence-corrected chi connectivity index (χ1v) is 9.71. The number of nitriles is 1. The Bertz CT molecular complexity index is 1030. The van der Waals surface area contributed by atoms with Gasteiger partial charge in [-0.15, -0.1) is 0 Å². The highest BCUT2D eigenvalue weighted by Crippen LogP contribution is 2.33. The molecule has 29 heavy (non-hydrogen) atoms. The van der Waals surface area contributed by atoms with Crippen molar-refractivity contribution in [2.24, 2.45) is 5.92 Å². The number of rotatable bonds is 6. The highest BCUT2D eigenvalue weighted by molar-refractivity contribution is 8.18. The molecule has 1 aromatic heterocycles. The monoisotopic (exact) mass is 410 g/mol. The van der Waals surface area contributed by atoms with E-state index in [-0.39, 0.29) is 17.4 Å². The Labute approximate surface area is 171 Å². The predicted octanol–water partition coefficient (Wildman–Crippen LogP) is 4.05. The van der Waals surface area contributed by atoms with Crippen molar-refractivity contribution in [3.63, 3.8) is 0 Å². The molecule has 0 bridgehead atoms. The highest BCUT2D eigenvalue weighted by Gasteiger charge is 2.37. The zero-order valence-electron chi connectivity index (χ0n) is 15.9. The van der Waals surface area contributed by atoms with Gasteiger partial charge in [-0.25, -0.2) is 0 Å². The van der Waals surface area contributed by atoms with E-state index in [9.17, 15) is 19.6 Å². The first kappa shape index (κ1) is 20.4. The molecule has 8 heteroatoms. The van der Waals surface area contributed by atoms with Crippen molar-refractivity contribution in [3.8, 4) is 17.4 Å². The summed E-state index contributed by atoms with van der Waals surface area (Å²) < 4.78 is 10.8. The van der Waals surface area contributed by atoms with E-state index in [4.69, 9.17) is 9.15 Å². The number of carbonyl (C=O) groups is 3. The Morgan fingerprint density at radius 2 is 2.03 bits per heavy atom. The fourth-order valence-corrected chi connectivity index (χ4v) is 3.39. The lowest BCUT2D eigenvalue weighted by atomic mass is 10.1. The molecule has 148 valence electrons. The number of amides is 2. The lowest BCUT2D eigenvalue weighted by Gasteiger charge is -2.12. The van der Waals surface area contributed by atoms with Crippen LogP contribution in [0.3, 0.4) is 0 Å². The zero-order valence-corrected chi connectivity index (χ0v) is 16.7. The van der Waals surface area contributed by atoms with Crippen LogP contribution in [0.5, 0.6) is 0 Å². The van der Waals surface area contributed by atoms with E-state index in [0.29, 0.717) is 22.6 Å². The SMILES string of the molecule is CC(C)COC(=O)CN1C(=O)S/C(=C/c2ccc(-c3ccccc3C#N)o2)C1=O. The van der Waals surface area contributed by atoms with Crippen LogP contribution >= 0.6 is 11.8 Å². The van der Waals surface area contributed by atoms with Gasteiger partial charge in [-0.1, -0.05) is 26.0 Å². The smallest absolute Gasteiger partial charge is 0.326 e. The van der Waals surface area contributed by atoms with Gasteiger partial charge in [0, 0.05) is 11.6 Å². The number of hydrogen-bond acceptors (Lipinski definition) is 7. The summed E-state index contributed by atoms with van der Waals surface area (Å²) in [5.74, 6) is -0.203. The van der Waals surface area contributed by atoms with E-state index in [1.165, 1.54) is 6.08 Å². The molecule has 2 aromatic rings. The molecule has 1 aliphatic rings. The Morgan fingerprint density at radius 3 is 2.76 bits per heavy atom. The molecule has 0 atom stereocenters. The molecule has 1 aromatic carbocycles. The first-order chi connectivity index (χ1) is 13.9. The van der Waals surface area contributed by atoms with Crippen molar-refractivity contribution in [2.45, 2.75) is 13.8 Å². The van der Waals surface area contributed by atoms with Crippen LogP contribution < -0.4 is 0 Å². The molecule has 0 aliphatic carbocycles. The van der Waals surface area contributed by atoms with Gasteiger partial charge in [0.2, 0.25) is 0 Å². The lowest BCUT2D eigenvalue weighted by Crippen LogP contribution is -2.34. The summed E-state index contributed by atoms with van der Waals surface area (Å²) >= 11 is 0.734. The average molecular weight is 410 g/mol. The molecule has 7 nitrogen and oxygen atoms in total. The van der Waals surface area contributed by atoms with Gasteiger partial charge in [0.15, 0.2) is 0 Å². The van der Waals surface area contributed by atoms with E-state index in [1.54, 1.807) is 36.4 Å². The molecular formula is C21H18N2O5S. The van der Waals surface area contributed by atoms with Crippen LogP contribution in [0, 0.1) is 17.2 Å². The largest absolute Gasteiger partial charge is 0.464 e. The van der Waals surface area contributed by atoms with Crippen molar-refractivity contribution in [1.29, 1.82) is 5.26 Å². The molecule has 1 aliphatic heterocycles. The maximum Gasteiger partial charge on any atom is 0.326 e. The van der Waals surface area contributed by atoms with Gasteiger partial charge in [0.25, 0.3) is 11.1 Å². The van der Waals surface area contributed by atoms with Crippen LogP contribution in [0.2, 0.25) is 0 Å². The van der Waals surface area contributed by atoms with Crippen LogP contribution in [0.1, 0.15) is 25.2 Å². The van der Waals surface area contributed by atoms with E-state index in [0.717, 1.165) is 16.7 Å². The van der Waals surface area contributed by atoms with E-state index >= 15 is 0 Å². The Kier molecular flexibility index (Phi) is 6.20. The zero-order chi connectivity index (χ0) is 21.0. The standard InChI is InChI=1S/C21H18N2O5S/c1-13(2)12-27-19(24)11-23-20(25)18(29-21(23)26)9-15-7-8-17(28-15)16-6-4-3-5-14(16)10-22/h3-9,13H,11-12H2,1-2H3/b18-9+. The quantitative estimate of drug-likeness (QED) is 0.523. The number of esters is 1. The Morgan fingerprint density at radius 1 is 1.28 bits per heavy atom. The molecule has 3 rings (SSSR count). The van der Waals surface area contributed by atoms with Gasteiger partial charge in [-0.2, -0.15) is 5.26 Å². The van der Waals surface area contributed by atoms with Crippen molar-refractivity contribution in [2.75, 3.05) is 13.2 Å². The van der Waals surface area contributed by atoms with Crippen molar-refractivity contribution >= 4 is 35.0 Å². The van der Waals surface area contributed by atoms with Crippen molar-refractivity contribution in [3.05, 3.63) is 52.6 Å².